The number of carbonyl (C=O) groups is 1. The maximum atomic E-state index is 11.9. The van der Waals surface area contributed by atoms with Crippen LogP contribution < -0.4 is 14.8 Å². The van der Waals surface area contributed by atoms with E-state index in [2.05, 4.69) is 10.5 Å². The largest absolute Gasteiger partial charge is 0.493 e. The van der Waals surface area contributed by atoms with E-state index in [1.807, 2.05) is 6.07 Å². The first-order chi connectivity index (χ1) is 9.62. The molecule has 6 nitrogen and oxygen atoms in total. The molecule has 1 heterocycles. The van der Waals surface area contributed by atoms with Crippen LogP contribution in [0.4, 0.5) is 5.88 Å². The van der Waals surface area contributed by atoms with Crippen LogP contribution >= 0.6 is 0 Å². The summed E-state index contributed by atoms with van der Waals surface area (Å²) in [5.41, 5.74) is 1.53. The molecule has 0 aliphatic rings. The highest BCUT2D eigenvalue weighted by Crippen LogP contribution is 2.27. The summed E-state index contributed by atoms with van der Waals surface area (Å²) in [4.78, 5) is 11.9. The molecule has 106 valence electrons. The van der Waals surface area contributed by atoms with Crippen molar-refractivity contribution in [3.8, 4) is 11.5 Å². The molecule has 2 rings (SSSR count). The summed E-state index contributed by atoms with van der Waals surface area (Å²) in [6, 6.07) is 7.00. The van der Waals surface area contributed by atoms with Crippen molar-refractivity contribution in [2.75, 3.05) is 19.5 Å². The van der Waals surface area contributed by atoms with Crippen LogP contribution in [-0.2, 0) is 11.2 Å². The first-order valence-corrected chi connectivity index (χ1v) is 6.06. The summed E-state index contributed by atoms with van der Waals surface area (Å²) in [6.07, 6.45) is 0.208. The highest BCUT2D eigenvalue weighted by atomic mass is 16.5. The minimum atomic E-state index is -0.187. The minimum Gasteiger partial charge on any atom is -0.493 e. The van der Waals surface area contributed by atoms with Gasteiger partial charge in [0.05, 0.1) is 26.3 Å². The molecule has 0 aliphatic carbocycles. The van der Waals surface area contributed by atoms with E-state index in [-0.39, 0.29) is 12.3 Å². The molecule has 1 aromatic heterocycles. The standard InChI is InChI=1S/C14H16N2O4/c1-9-6-14(20-16-9)15-13(17)8-10-4-5-11(18-2)12(7-10)19-3/h4-7H,8H2,1-3H3,(H,15,17). The average molecular weight is 276 g/mol. The van der Waals surface area contributed by atoms with Gasteiger partial charge in [-0.1, -0.05) is 11.2 Å². The third kappa shape index (κ3) is 3.28. The Bertz CT molecular complexity index is 607. The summed E-state index contributed by atoms with van der Waals surface area (Å²) in [7, 11) is 3.12. The fraction of sp³-hybridized carbons (Fsp3) is 0.286. The fourth-order valence-electron chi connectivity index (χ4n) is 1.78. The fourth-order valence-corrected chi connectivity index (χ4v) is 1.78. The molecule has 2 aromatic rings. The summed E-state index contributed by atoms with van der Waals surface area (Å²) in [6.45, 7) is 1.79. The van der Waals surface area contributed by atoms with Gasteiger partial charge in [0.15, 0.2) is 11.5 Å². The van der Waals surface area contributed by atoms with Gasteiger partial charge in [0.2, 0.25) is 11.8 Å². The number of hydrogen-bond acceptors (Lipinski definition) is 5. The molecule has 1 N–H and O–H groups in total. The van der Waals surface area contributed by atoms with Gasteiger partial charge in [-0.15, -0.1) is 0 Å². The molecule has 0 spiro atoms. The zero-order chi connectivity index (χ0) is 14.5. The number of hydrogen-bond donors (Lipinski definition) is 1. The number of rotatable bonds is 5. The van der Waals surface area contributed by atoms with Crippen molar-refractivity contribution in [2.45, 2.75) is 13.3 Å². The Labute approximate surface area is 116 Å². The highest BCUT2D eigenvalue weighted by molar-refractivity contribution is 5.91. The van der Waals surface area contributed by atoms with Gasteiger partial charge in [0, 0.05) is 6.07 Å². The van der Waals surface area contributed by atoms with E-state index in [9.17, 15) is 4.79 Å². The van der Waals surface area contributed by atoms with Gasteiger partial charge in [0.25, 0.3) is 0 Å². The van der Waals surface area contributed by atoms with Crippen LogP contribution in [0.15, 0.2) is 28.8 Å². The molecular weight excluding hydrogens is 260 g/mol. The average Bonchev–Trinajstić information content (AvgIpc) is 2.83. The number of carbonyl (C=O) groups excluding carboxylic acids is 1. The lowest BCUT2D eigenvalue weighted by Crippen LogP contribution is -2.14. The summed E-state index contributed by atoms with van der Waals surface area (Å²) in [5.74, 6) is 1.37. The Balaban J connectivity index is 2.04. The van der Waals surface area contributed by atoms with Crippen LogP contribution in [0.2, 0.25) is 0 Å². The highest BCUT2D eigenvalue weighted by Gasteiger charge is 2.10. The predicted molar refractivity (Wildman–Crippen MR) is 73.1 cm³/mol. The van der Waals surface area contributed by atoms with Gasteiger partial charge >= 0.3 is 0 Å². The first-order valence-electron chi connectivity index (χ1n) is 6.06. The van der Waals surface area contributed by atoms with Gasteiger partial charge in [-0.3, -0.25) is 10.1 Å². The van der Waals surface area contributed by atoms with Crippen molar-refractivity contribution >= 4 is 11.8 Å². The van der Waals surface area contributed by atoms with Gasteiger partial charge in [-0.25, -0.2) is 0 Å². The number of anilines is 1. The molecular formula is C14H16N2O4. The first kappa shape index (κ1) is 13.9. The molecule has 0 saturated carbocycles. The van der Waals surface area contributed by atoms with E-state index >= 15 is 0 Å². The van der Waals surface area contributed by atoms with E-state index in [1.54, 1.807) is 39.3 Å². The molecule has 6 heteroatoms. The van der Waals surface area contributed by atoms with Crippen LogP contribution in [0.1, 0.15) is 11.3 Å². The van der Waals surface area contributed by atoms with Gasteiger partial charge in [-0.2, -0.15) is 0 Å². The third-order valence-electron chi connectivity index (χ3n) is 2.70. The van der Waals surface area contributed by atoms with Crippen LogP contribution in [0.25, 0.3) is 0 Å². The number of ether oxygens (including phenoxy) is 2. The normalized spacial score (nSPS) is 10.2. The van der Waals surface area contributed by atoms with Gasteiger partial charge in [-0.05, 0) is 24.6 Å². The Hall–Kier alpha value is -2.50. The van der Waals surface area contributed by atoms with Gasteiger partial charge in [0.1, 0.15) is 0 Å². The molecule has 0 unspecified atom stereocenters. The second-order valence-corrected chi connectivity index (χ2v) is 4.25. The number of nitrogens with zero attached hydrogens (tertiary/aromatic N) is 1. The van der Waals surface area contributed by atoms with Crippen LogP contribution in [0.3, 0.4) is 0 Å². The van der Waals surface area contributed by atoms with Crippen LogP contribution in [0.5, 0.6) is 11.5 Å². The molecule has 0 atom stereocenters. The second-order valence-electron chi connectivity index (χ2n) is 4.25. The lowest BCUT2D eigenvalue weighted by atomic mass is 10.1. The number of nitrogens with one attached hydrogen (secondary N) is 1. The van der Waals surface area contributed by atoms with Crippen molar-refractivity contribution in [3.05, 3.63) is 35.5 Å². The van der Waals surface area contributed by atoms with Crippen LogP contribution in [-0.4, -0.2) is 25.3 Å². The minimum absolute atomic E-state index is 0.187. The second kappa shape index (κ2) is 6.10. The number of amides is 1. The number of aryl methyl sites for hydroxylation is 1. The van der Waals surface area contributed by atoms with Crippen molar-refractivity contribution in [1.82, 2.24) is 5.16 Å². The number of aromatic nitrogens is 1. The SMILES string of the molecule is COc1ccc(CC(=O)Nc2cc(C)no2)cc1OC. The molecule has 1 aromatic carbocycles. The quantitative estimate of drug-likeness (QED) is 0.906. The van der Waals surface area contributed by atoms with E-state index < -0.39 is 0 Å². The van der Waals surface area contributed by atoms with Gasteiger partial charge < -0.3 is 14.0 Å². The maximum Gasteiger partial charge on any atom is 0.231 e. The topological polar surface area (TPSA) is 73.6 Å². The van der Waals surface area contributed by atoms with Crippen molar-refractivity contribution in [1.29, 1.82) is 0 Å². The van der Waals surface area contributed by atoms with Crippen molar-refractivity contribution < 1.29 is 18.8 Å². The van der Waals surface area contributed by atoms with Crippen molar-refractivity contribution in [3.63, 3.8) is 0 Å². The molecule has 0 bridgehead atoms. The smallest absolute Gasteiger partial charge is 0.231 e. The summed E-state index contributed by atoms with van der Waals surface area (Å²) < 4.78 is 15.3. The Morgan fingerprint density at radius 2 is 2.00 bits per heavy atom. The molecule has 1 amide bonds. The molecule has 0 saturated heterocycles. The number of benzene rings is 1. The monoisotopic (exact) mass is 276 g/mol. The molecule has 0 fully saturated rings. The Morgan fingerprint density at radius 1 is 1.25 bits per heavy atom. The van der Waals surface area contributed by atoms with Crippen molar-refractivity contribution in [2.24, 2.45) is 0 Å². The summed E-state index contributed by atoms with van der Waals surface area (Å²) in [5, 5.41) is 6.34. The predicted octanol–water partition coefficient (Wildman–Crippen LogP) is 2.18. The Morgan fingerprint density at radius 3 is 2.60 bits per heavy atom. The van der Waals surface area contributed by atoms with E-state index in [0.717, 1.165) is 5.56 Å². The lowest BCUT2D eigenvalue weighted by molar-refractivity contribution is -0.115. The lowest BCUT2D eigenvalue weighted by Gasteiger charge is -2.09. The molecule has 0 aliphatic heterocycles. The van der Waals surface area contributed by atoms with E-state index in [1.165, 1.54) is 0 Å². The number of methoxy groups -OCH3 is 2. The van der Waals surface area contributed by atoms with E-state index in [0.29, 0.717) is 23.1 Å². The maximum absolute atomic E-state index is 11.9. The zero-order valence-electron chi connectivity index (χ0n) is 11.6. The summed E-state index contributed by atoms with van der Waals surface area (Å²) >= 11 is 0. The Kier molecular flexibility index (Phi) is 4.24. The molecule has 20 heavy (non-hydrogen) atoms. The van der Waals surface area contributed by atoms with E-state index in [4.69, 9.17) is 14.0 Å². The zero-order valence-corrected chi connectivity index (χ0v) is 11.6. The molecule has 0 radical (unpaired) electrons. The third-order valence-corrected chi connectivity index (χ3v) is 2.70. The van der Waals surface area contributed by atoms with Crippen LogP contribution in [0, 0.1) is 6.92 Å².